The maximum atomic E-state index is 11.2. The van der Waals surface area contributed by atoms with E-state index in [0.29, 0.717) is 0 Å². The van der Waals surface area contributed by atoms with Crippen molar-refractivity contribution in [3.63, 3.8) is 0 Å². The van der Waals surface area contributed by atoms with Crippen LogP contribution < -0.4 is 5.32 Å². The van der Waals surface area contributed by atoms with Gasteiger partial charge in [-0.25, -0.2) is 0 Å². The molecule has 2 nitrogen and oxygen atoms in total. The van der Waals surface area contributed by atoms with Crippen LogP contribution in [0, 0.1) is 0 Å². The first-order valence-electron chi connectivity index (χ1n) is 10.3. The first-order chi connectivity index (χ1) is 13.1. The summed E-state index contributed by atoms with van der Waals surface area (Å²) in [5.74, 6) is 0. The summed E-state index contributed by atoms with van der Waals surface area (Å²) in [5, 5.41) is 15.0. The normalized spacial score (nSPS) is 24.3. The molecule has 2 aromatic rings. The fraction of sp³-hybridized carbons (Fsp3) is 0.440. The SMILES string of the molecule is C=CCCNC1(Cc2ccccc2)CCC(O)(CCc2ccccc2)CC1.Cl. The van der Waals surface area contributed by atoms with Crippen molar-refractivity contribution in [2.45, 2.75) is 62.5 Å². The van der Waals surface area contributed by atoms with Gasteiger partial charge in [-0.2, -0.15) is 0 Å². The van der Waals surface area contributed by atoms with E-state index in [0.717, 1.165) is 57.9 Å². The molecule has 28 heavy (non-hydrogen) atoms. The maximum Gasteiger partial charge on any atom is 0.0652 e. The number of aryl methyl sites for hydroxylation is 1. The van der Waals surface area contributed by atoms with Gasteiger partial charge in [0.1, 0.15) is 0 Å². The molecule has 1 aliphatic carbocycles. The van der Waals surface area contributed by atoms with Crippen LogP contribution in [-0.4, -0.2) is 22.8 Å². The van der Waals surface area contributed by atoms with Gasteiger partial charge in [0.2, 0.25) is 0 Å². The molecular formula is C25H34ClNO. The Kier molecular flexibility index (Phi) is 8.75. The van der Waals surface area contributed by atoms with E-state index in [1.807, 2.05) is 12.1 Å². The fourth-order valence-corrected chi connectivity index (χ4v) is 4.31. The van der Waals surface area contributed by atoms with E-state index >= 15 is 0 Å². The van der Waals surface area contributed by atoms with Crippen LogP contribution in [0.25, 0.3) is 0 Å². The molecular weight excluding hydrogens is 366 g/mol. The summed E-state index contributed by atoms with van der Waals surface area (Å²) < 4.78 is 0. The molecule has 0 heterocycles. The predicted molar refractivity (Wildman–Crippen MR) is 121 cm³/mol. The minimum absolute atomic E-state index is 0. The summed E-state index contributed by atoms with van der Waals surface area (Å²) >= 11 is 0. The van der Waals surface area contributed by atoms with Gasteiger partial charge in [0.15, 0.2) is 0 Å². The Balaban J connectivity index is 0.00000280. The quantitative estimate of drug-likeness (QED) is 0.431. The van der Waals surface area contributed by atoms with E-state index in [1.165, 1.54) is 11.1 Å². The van der Waals surface area contributed by atoms with Gasteiger partial charge in [-0.3, -0.25) is 0 Å². The first kappa shape index (κ1) is 22.7. The number of rotatable bonds is 9. The van der Waals surface area contributed by atoms with E-state index in [-0.39, 0.29) is 17.9 Å². The van der Waals surface area contributed by atoms with Crippen molar-refractivity contribution in [3.05, 3.63) is 84.4 Å². The Labute approximate surface area is 176 Å². The van der Waals surface area contributed by atoms with E-state index in [4.69, 9.17) is 0 Å². The number of hydrogen-bond acceptors (Lipinski definition) is 2. The van der Waals surface area contributed by atoms with Gasteiger partial charge in [-0.15, -0.1) is 19.0 Å². The highest BCUT2D eigenvalue weighted by Crippen LogP contribution is 2.39. The first-order valence-corrected chi connectivity index (χ1v) is 10.3. The van der Waals surface area contributed by atoms with Gasteiger partial charge in [-0.1, -0.05) is 66.7 Å². The second-order valence-corrected chi connectivity index (χ2v) is 8.16. The Morgan fingerprint density at radius 2 is 1.46 bits per heavy atom. The minimum atomic E-state index is -0.532. The Hall–Kier alpha value is -1.61. The smallest absolute Gasteiger partial charge is 0.0652 e. The summed E-state index contributed by atoms with van der Waals surface area (Å²) in [4.78, 5) is 0. The highest BCUT2D eigenvalue weighted by Gasteiger charge is 2.41. The van der Waals surface area contributed by atoms with E-state index < -0.39 is 5.60 Å². The van der Waals surface area contributed by atoms with Crippen LogP contribution in [0.5, 0.6) is 0 Å². The lowest BCUT2D eigenvalue weighted by atomic mass is 9.70. The van der Waals surface area contributed by atoms with Gasteiger partial charge in [0, 0.05) is 5.54 Å². The molecule has 0 aromatic heterocycles. The molecule has 0 aliphatic heterocycles. The average Bonchev–Trinajstić information content (AvgIpc) is 2.71. The third-order valence-electron chi connectivity index (χ3n) is 6.09. The topological polar surface area (TPSA) is 32.3 Å². The minimum Gasteiger partial charge on any atom is -0.390 e. The Bertz CT molecular complexity index is 693. The highest BCUT2D eigenvalue weighted by molar-refractivity contribution is 5.85. The molecule has 2 aromatic carbocycles. The van der Waals surface area contributed by atoms with Gasteiger partial charge in [0.05, 0.1) is 5.60 Å². The Morgan fingerprint density at radius 1 is 0.893 bits per heavy atom. The molecule has 2 N–H and O–H groups in total. The molecule has 1 fully saturated rings. The predicted octanol–water partition coefficient (Wildman–Crippen LogP) is 5.49. The van der Waals surface area contributed by atoms with Crippen LogP contribution in [-0.2, 0) is 12.8 Å². The zero-order valence-electron chi connectivity index (χ0n) is 16.8. The van der Waals surface area contributed by atoms with E-state index in [2.05, 4.69) is 66.5 Å². The van der Waals surface area contributed by atoms with Crippen molar-refractivity contribution >= 4 is 12.4 Å². The summed E-state index contributed by atoms with van der Waals surface area (Å²) in [6.45, 7) is 4.80. The summed E-state index contributed by atoms with van der Waals surface area (Å²) in [6, 6.07) is 21.3. The summed E-state index contributed by atoms with van der Waals surface area (Å²) in [6.07, 6.45) is 9.56. The molecule has 3 heteroatoms. The summed E-state index contributed by atoms with van der Waals surface area (Å²) in [7, 11) is 0. The monoisotopic (exact) mass is 399 g/mol. The van der Waals surface area contributed by atoms with Crippen LogP contribution in [0.15, 0.2) is 73.3 Å². The van der Waals surface area contributed by atoms with Crippen molar-refractivity contribution in [1.82, 2.24) is 5.32 Å². The number of halogens is 1. The second kappa shape index (κ2) is 10.8. The molecule has 0 atom stereocenters. The van der Waals surface area contributed by atoms with Gasteiger partial charge < -0.3 is 10.4 Å². The number of aliphatic hydroxyl groups is 1. The van der Waals surface area contributed by atoms with Crippen LogP contribution in [0.2, 0.25) is 0 Å². The fourth-order valence-electron chi connectivity index (χ4n) is 4.31. The molecule has 1 aliphatic rings. The molecule has 1 saturated carbocycles. The molecule has 152 valence electrons. The molecule has 0 spiro atoms. The van der Waals surface area contributed by atoms with E-state index in [1.54, 1.807) is 0 Å². The van der Waals surface area contributed by atoms with Crippen LogP contribution in [0.4, 0.5) is 0 Å². The number of nitrogens with one attached hydrogen (secondary N) is 1. The van der Waals surface area contributed by atoms with Crippen molar-refractivity contribution < 1.29 is 5.11 Å². The summed E-state index contributed by atoms with van der Waals surface area (Å²) in [5.41, 5.74) is 2.24. The molecule has 0 unspecified atom stereocenters. The lowest BCUT2D eigenvalue weighted by Gasteiger charge is -2.45. The van der Waals surface area contributed by atoms with Crippen LogP contribution in [0.1, 0.15) is 49.7 Å². The zero-order chi connectivity index (χ0) is 19.0. The third kappa shape index (κ3) is 6.48. The van der Waals surface area contributed by atoms with Gasteiger partial charge in [0.25, 0.3) is 0 Å². The molecule has 0 bridgehead atoms. The van der Waals surface area contributed by atoms with Crippen LogP contribution >= 0.6 is 12.4 Å². The largest absolute Gasteiger partial charge is 0.390 e. The standard InChI is InChI=1S/C25H33NO.ClH/c1-2-3-20-26-24(21-23-12-8-5-9-13-23)16-18-25(27,19-17-24)15-14-22-10-6-4-7-11-22;/h2,4-13,26-27H,1,3,14-21H2;1H. The van der Waals surface area contributed by atoms with Crippen LogP contribution in [0.3, 0.4) is 0 Å². The van der Waals surface area contributed by atoms with Gasteiger partial charge in [-0.05, 0) is 69.0 Å². The maximum absolute atomic E-state index is 11.2. The highest BCUT2D eigenvalue weighted by atomic mass is 35.5. The number of benzene rings is 2. The van der Waals surface area contributed by atoms with Crippen molar-refractivity contribution in [3.8, 4) is 0 Å². The lowest BCUT2D eigenvalue weighted by molar-refractivity contribution is -0.0277. The molecule has 0 amide bonds. The molecule has 0 saturated heterocycles. The second-order valence-electron chi connectivity index (χ2n) is 8.16. The number of hydrogen-bond donors (Lipinski definition) is 2. The molecule has 3 rings (SSSR count). The Morgan fingerprint density at radius 3 is 2.04 bits per heavy atom. The lowest BCUT2D eigenvalue weighted by Crippen LogP contribution is -2.53. The van der Waals surface area contributed by atoms with Crippen molar-refractivity contribution in [2.24, 2.45) is 0 Å². The van der Waals surface area contributed by atoms with Crippen molar-refractivity contribution in [1.29, 1.82) is 0 Å². The van der Waals surface area contributed by atoms with E-state index in [9.17, 15) is 5.11 Å². The average molecular weight is 400 g/mol. The third-order valence-corrected chi connectivity index (χ3v) is 6.09. The van der Waals surface area contributed by atoms with Gasteiger partial charge >= 0.3 is 0 Å². The zero-order valence-corrected chi connectivity index (χ0v) is 17.6. The van der Waals surface area contributed by atoms with Crippen molar-refractivity contribution in [2.75, 3.05) is 6.54 Å². The molecule has 0 radical (unpaired) electrons.